The van der Waals surface area contributed by atoms with Crippen LogP contribution in [-0.4, -0.2) is 62.4 Å². The number of rotatable bonds is 9. The summed E-state index contributed by atoms with van der Waals surface area (Å²) in [6.45, 7) is 4.90. The normalized spacial score (nSPS) is 16.6. The minimum absolute atomic E-state index is 0.222. The summed E-state index contributed by atoms with van der Waals surface area (Å²) in [5.74, 6) is -0.222. The standard InChI is InChI=1S/C19H30FN3O/c1-22(2)15-16-24-21-19(17-8-10-18(20)11-9-17)7-6-14-23-12-4-3-5-13-23/h8-11H,3-7,12-16H2,1-2H3/b21-19-. The fraction of sp³-hybridized carbons (Fsp3) is 0.632. The molecule has 1 aromatic carbocycles. The lowest BCUT2D eigenvalue weighted by Crippen LogP contribution is -2.30. The van der Waals surface area contributed by atoms with Gasteiger partial charge in [-0.3, -0.25) is 0 Å². The number of piperidine rings is 1. The minimum Gasteiger partial charge on any atom is -0.394 e. The van der Waals surface area contributed by atoms with Gasteiger partial charge in [-0.1, -0.05) is 23.7 Å². The number of likely N-dealkylation sites (tertiary alicyclic amines) is 1. The molecule has 134 valence electrons. The van der Waals surface area contributed by atoms with Crippen LogP contribution in [0.3, 0.4) is 0 Å². The molecule has 0 spiro atoms. The first-order valence-electron chi connectivity index (χ1n) is 8.97. The summed E-state index contributed by atoms with van der Waals surface area (Å²) < 4.78 is 13.2. The monoisotopic (exact) mass is 335 g/mol. The van der Waals surface area contributed by atoms with Gasteiger partial charge < -0.3 is 14.6 Å². The number of likely N-dealkylation sites (N-methyl/N-ethyl adjacent to an activating group) is 1. The highest BCUT2D eigenvalue weighted by Gasteiger charge is 2.11. The lowest BCUT2D eigenvalue weighted by molar-refractivity contribution is 0.125. The van der Waals surface area contributed by atoms with Crippen molar-refractivity contribution in [1.82, 2.24) is 9.80 Å². The van der Waals surface area contributed by atoms with E-state index < -0.39 is 0 Å². The summed E-state index contributed by atoms with van der Waals surface area (Å²) in [4.78, 5) is 10.1. The van der Waals surface area contributed by atoms with E-state index in [2.05, 4.69) is 15.0 Å². The lowest BCUT2D eigenvalue weighted by Gasteiger charge is -2.26. The van der Waals surface area contributed by atoms with Gasteiger partial charge in [-0.2, -0.15) is 0 Å². The van der Waals surface area contributed by atoms with Crippen molar-refractivity contribution in [3.05, 3.63) is 35.6 Å². The van der Waals surface area contributed by atoms with E-state index in [0.717, 1.165) is 37.2 Å². The average Bonchev–Trinajstić information content (AvgIpc) is 2.58. The number of hydrogen-bond acceptors (Lipinski definition) is 4. The van der Waals surface area contributed by atoms with Crippen LogP contribution in [0.2, 0.25) is 0 Å². The van der Waals surface area contributed by atoms with Crippen molar-refractivity contribution in [2.75, 3.05) is 46.9 Å². The lowest BCUT2D eigenvalue weighted by atomic mass is 10.0. The van der Waals surface area contributed by atoms with Crippen LogP contribution in [0.1, 0.15) is 37.7 Å². The molecule has 0 N–H and O–H groups in total. The second-order valence-corrected chi connectivity index (χ2v) is 6.69. The summed E-state index contributed by atoms with van der Waals surface area (Å²) in [5.41, 5.74) is 1.85. The van der Waals surface area contributed by atoms with Gasteiger partial charge in [0.25, 0.3) is 0 Å². The van der Waals surface area contributed by atoms with E-state index in [0.29, 0.717) is 6.61 Å². The van der Waals surface area contributed by atoms with E-state index >= 15 is 0 Å². The number of hydrogen-bond donors (Lipinski definition) is 0. The molecular formula is C19H30FN3O. The van der Waals surface area contributed by atoms with Crippen molar-refractivity contribution in [1.29, 1.82) is 0 Å². The third kappa shape index (κ3) is 6.97. The summed E-state index contributed by atoms with van der Waals surface area (Å²) >= 11 is 0. The van der Waals surface area contributed by atoms with Crippen molar-refractivity contribution < 1.29 is 9.23 Å². The van der Waals surface area contributed by atoms with Gasteiger partial charge in [-0.05, 0) is 77.1 Å². The van der Waals surface area contributed by atoms with Gasteiger partial charge in [0.2, 0.25) is 0 Å². The molecule has 0 atom stereocenters. The highest BCUT2D eigenvalue weighted by Crippen LogP contribution is 2.12. The molecule has 0 saturated carbocycles. The maximum Gasteiger partial charge on any atom is 0.129 e. The highest BCUT2D eigenvalue weighted by molar-refractivity contribution is 6.00. The molecule has 1 aliphatic rings. The summed E-state index contributed by atoms with van der Waals surface area (Å²) in [5, 5.41) is 4.33. The zero-order chi connectivity index (χ0) is 17.2. The molecule has 0 bridgehead atoms. The number of oxime groups is 1. The van der Waals surface area contributed by atoms with E-state index in [1.54, 1.807) is 12.1 Å². The largest absolute Gasteiger partial charge is 0.394 e. The molecule has 0 unspecified atom stereocenters. The second-order valence-electron chi connectivity index (χ2n) is 6.69. The molecule has 24 heavy (non-hydrogen) atoms. The van der Waals surface area contributed by atoms with E-state index in [9.17, 15) is 4.39 Å². The van der Waals surface area contributed by atoms with Crippen LogP contribution in [0.5, 0.6) is 0 Å². The summed E-state index contributed by atoms with van der Waals surface area (Å²) in [7, 11) is 4.01. The zero-order valence-electron chi connectivity index (χ0n) is 15.0. The van der Waals surface area contributed by atoms with Gasteiger partial charge in [0.1, 0.15) is 12.4 Å². The Morgan fingerprint density at radius 2 is 1.88 bits per heavy atom. The van der Waals surface area contributed by atoms with Crippen molar-refractivity contribution in [3.63, 3.8) is 0 Å². The molecule has 1 heterocycles. The molecular weight excluding hydrogens is 305 g/mol. The molecule has 0 aromatic heterocycles. The first kappa shape index (κ1) is 18.9. The maximum atomic E-state index is 13.2. The second kappa shape index (κ2) is 10.4. The Hall–Kier alpha value is -1.46. The average molecular weight is 335 g/mol. The predicted octanol–water partition coefficient (Wildman–Crippen LogP) is 3.37. The van der Waals surface area contributed by atoms with Crippen LogP contribution in [0.25, 0.3) is 0 Å². The predicted molar refractivity (Wildman–Crippen MR) is 97.0 cm³/mol. The Morgan fingerprint density at radius 1 is 1.17 bits per heavy atom. The summed E-state index contributed by atoms with van der Waals surface area (Å²) in [6, 6.07) is 6.53. The van der Waals surface area contributed by atoms with E-state index in [-0.39, 0.29) is 5.82 Å². The molecule has 4 nitrogen and oxygen atoms in total. The van der Waals surface area contributed by atoms with E-state index in [4.69, 9.17) is 4.84 Å². The van der Waals surface area contributed by atoms with Crippen LogP contribution in [0.15, 0.2) is 29.4 Å². The molecule has 1 aromatic rings. The smallest absolute Gasteiger partial charge is 0.129 e. The molecule has 0 aliphatic carbocycles. The quantitative estimate of drug-likeness (QED) is 0.393. The minimum atomic E-state index is -0.222. The van der Waals surface area contributed by atoms with Crippen molar-refractivity contribution in [2.24, 2.45) is 5.16 Å². The molecule has 1 aliphatic heterocycles. The fourth-order valence-corrected chi connectivity index (χ4v) is 2.89. The first-order valence-corrected chi connectivity index (χ1v) is 8.97. The number of nitrogens with zero attached hydrogens (tertiary/aromatic N) is 3. The topological polar surface area (TPSA) is 28.1 Å². The van der Waals surface area contributed by atoms with Gasteiger partial charge >= 0.3 is 0 Å². The van der Waals surface area contributed by atoms with Gasteiger partial charge in [0.05, 0.1) is 5.71 Å². The van der Waals surface area contributed by atoms with E-state index in [1.807, 2.05) is 14.1 Å². The molecule has 0 radical (unpaired) electrons. The van der Waals surface area contributed by atoms with E-state index in [1.165, 1.54) is 44.5 Å². The van der Waals surface area contributed by atoms with Crippen LogP contribution in [0.4, 0.5) is 4.39 Å². The highest BCUT2D eigenvalue weighted by atomic mass is 19.1. The number of benzene rings is 1. The van der Waals surface area contributed by atoms with Gasteiger partial charge in [-0.15, -0.1) is 0 Å². The van der Waals surface area contributed by atoms with Crippen molar-refractivity contribution in [2.45, 2.75) is 32.1 Å². The fourth-order valence-electron chi connectivity index (χ4n) is 2.89. The third-order valence-corrected chi connectivity index (χ3v) is 4.32. The van der Waals surface area contributed by atoms with Gasteiger partial charge in [-0.25, -0.2) is 4.39 Å². The van der Waals surface area contributed by atoms with Gasteiger partial charge in [0, 0.05) is 6.54 Å². The van der Waals surface area contributed by atoms with Crippen LogP contribution >= 0.6 is 0 Å². The van der Waals surface area contributed by atoms with Crippen LogP contribution in [0, 0.1) is 5.82 Å². The molecule has 1 saturated heterocycles. The van der Waals surface area contributed by atoms with Crippen LogP contribution < -0.4 is 0 Å². The van der Waals surface area contributed by atoms with Crippen LogP contribution in [-0.2, 0) is 4.84 Å². The Morgan fingerprint density at radius 3 is 2.54 bits per heavy atom. The molecule has 2 rings (SSSR count). The van der Waals surface area contributed by atoms with Gasteiger partial charge in [0.15, 0.2) is 0 Å². The third-order valence-electron chi connectivity index (χ3n) is 4.32. The maximum absolute atomic E-state index is 13.2. The molecule has 0 amide bonds. The Balaban J connectivity index is 1.88. The van der Waals surface area contributed by atoms with Crippen molar-refractivity contribution >= 4 is 5.71 Å². The summed E-state index contributed by atoms with van der Waals surface area (Å²) in [6.07, 6.45) is 5.88. The Bertz CT molecular complexity index is 496. The zero-order valence-corrected chi connectivity index (χ0v) is 15.0. The molecule has 1 fully saturated rings. The first-order chi connectivity index (χ1) is 11.6. The van der Waals surface area contributed by atoms with Crippen molar-refractivity contribution in [3.8, 4) is 0 Å². The Labute approximate surface area is 145 Å². The SMILES string of the molecule is CN(C)CCO/N=C(/CCCN1CCCCC1)c1ccc(F)cc1. The molecule has 5 heteroatoms. The number of halogens is 1. The Kier molecular flexibility index (Phi) is 8.19.